The van der Waals surface area contributed by atoms with Gasteiger partial charge in [0, 0.05) is 14.7 Å². The van der Waals surface area contributed by atoms with E-state index in [2.05, 4.69) is 21.2 Å². The summed E-state index contributed by atoms with van der Waals surface area (Å²) >= 11 is 11.1. The van der Waals surface area contributed by atoms with Crippen molar-refractivity contribution >= 4 is 67.6 Å². The molecule has 1 amide bonds. The van der Waals surface area contributed by atoms with Gasteiger partial charge in [0.1, 0.15) is 4.32 Å². The van der Waals surface area contributed by atoms with Crippen molar-refractivity contribution in [3.05, 3.63) is 25.7 Å². The highest BCUT2D eigenvalue weighted by atomic mass is 79.9. The molecule has 6 heteroatoms. The van der Waals surface area contributed by atoms with Crippen LogP contribution in [0.15, 0.2) is 20.8 Å². The number of carbonyl (C=O) groups is 1. The molecule has 2 rings (SSSR count). The van der Waals surface area contributed by atoms with E-state index in [0.29, 0.717) is 9.23 Å². The number of thiophene rings is 1. The lowest BCUT2D eigenvalue weighted by molar-refractivity contribution is -0.115. The molecule has 0 atom stereocenters. The number of halogens is 1. The highest BCUT2D eigenvalue weighted by Gasteiger charge is 2.21. The molecule has 1 aliphatic heterocycles. The monoisotopic (exact) mass is 305 g/mol. The van der Waals surface area contributed by atoms with Crippen LogP contribution in [-0.2, 0) is 4.79 Å². The van der Waals surface area contributed by atoms with Crippen molar-refractivity contribution < 1.29 is 4.79 Å². The minimum Gasteiger partial charge on any atom is -0.307 e. The smallest absolute Gasteiger partial charge is 0.263 e. The van der Waals surface area contributed by atoms with Crippen LogP contribution in [0.5, 0.6) is 0 Å². The molecule has 1 aromatic heterocycles. The number of thiocarbonyl (C=S) groups is 1. The van der Waals surface area contributed by atoms with Crippen LogP contribution < -0.4 is 5.32 Å². The van der Waals surface area contributed by atoms with Gasteiger partial charge >= 0.3 is 0 Å². The first-order chi connectivity index (χ1) is 6.65. The summed E-state index contributed by atoms with van der Waals surface area (Å²) in [5.41, 5.74) is 0. The van der Waals surface area contributed by atoms with Gasteiger partial charge in [-0.25, -0.2) is 0 Å². The summed E-state index contributed by atoms with van der Waals surface area (Å²) in [5, 5.41) is 4.55. The number of carbonyl (C=O) groups excluding carboxylic acids is 1. The summed E-state index contributed by atoms with van der Waals surface area (Å²) < 4.78 is 1.55. The molecular weight excluding hydrogens is 302 g/mol. The van der Waals surface area contributed by atoms with Crippen molar-refractivity contribution in [3.63, 3.8) is 0 Å². The predicted molar refractivity (Wildman–Crippen MR) is 68.3 cm³/mol. The maximum Gasteiger partial charge on any atom is 0.263 e. The summed E-state index contributed by atoms with van der Waals surface area (Å²) in [4.78, 5) is 13.0. The van der Waals surface area contributed by atoms with Gasteiger partial charge in [-0.1, -0.05) is 24.0 Å². The molecule has 1 saturated heterocycles. The summed E-state index contributed by atoms with van der Waals surface area (Å²) in [6.45, 7) is 0. The van der Waals surface area contributed by atoms with Gasteiger partial charge in [-0.3, -0.25) is 4.79 Å². The minimum atomic E-state index is -0.107. The molecular formula is C8H4BrNOS3. The first kappa shape index (κ1) is 10.4. The minimum absolute atomic E-state index is 0.107. The molecule has 2 nitrogen and oxygen atoms in total. The fraction of sp³-hybridized carbons (Fsp3) is 0. The van der Waals surface area contributed by atoms with Crippen LogP contribution in [0.1, 0.15) is 4.88 Å². The van der Waals surface area contributed by atoms with E-state index in [4.69, 9.17) is 12.2 Å². The van der Waals surface area contributed by atoms with Crippen molar-refractivity contribution in [2.24, 2.45) is 0 Å². The summed E-state index contributed by atoms with van der Waals surface area (Å²) in [5.74, 6) is -0.107. The molecule has 0 bridgehead atoms. The zero-order valence-electron chi connectivity index (χ0n) is 6.74. The van der Waals surface area contributed by atoms with Gasteiger partial charge < -0.3 is 5.32 Å². The molecule has 0 radical (unpaired) electrons. The third-order valence-electron chi connectivity index (χ3n) is 1.50. The Bertz CT molecular complexity index is 438. The van der Waals surface area contributed by atoms with Gasteiger partial charge in [0.05, 0.1) is 4.91 Å². The van der Waals surface area contributed by atoms with Gasteiger partial charge in [0.25, 0.3) is 5.91 Å². The topological polar surface area (TPSA) is 29.1 Å². The van der Waals surface area contributed by atoms with E-state index in [1.165, 1.54) is 11.8 Å². The van der Waals surface area contributed by atoms with Crippen molar-refractivity contribution in [1.29, 1.82) is 0 Å². The number of hydrogen-bond acceptors (Lipinski definition) is 4. The number of amides is 1. The standard InChI is InChI=1S/C8H4BrNOS3/c9-4-1-5(13-3-4)2-6-7(11)10-8(12)14-6/h1-3H,(H,10,11,12)/b6-2-. The average molecular weight is 306 g/mol. The van der Waals surface area contributed by atoms with Crippen LogP contribution in [-0.4, -0.2) is 10.2 Å². The molecule has 1 aromatic rings. The van der Waals surface area contributed by atoms with E-state index in [9.17, 15) is 4.79 Å². The number of hydrogen-bond donors (Lipinski definition) is 1. The SMILES string of the molecule is O=C1NC(=S)S/C1=C\c1cc(Br)cs1. The van der Waals surface area contributed by atoms with E-state index < -0.39 is 0 Å². The maximum atomic E-state index is 11.3. The summed E-state index contributed by atoms with van der Waals surface area (Å²) in [6.07, 6.45) is 1.84. The Hall–Kier alpha value is -0.170. The lowest BCUT2D eigenvalue weighted by atomic mass is 10.4. The van der Waals surface area contributed by atoms with Gasteiger partial charge in [-0.2, -0.15) is 0 Å². The second-order valence-corrected chi connectivity index (χ2v) is 6.10. The maximum absolute atomic E-state index is 11.3. The van der Waals surface area contributed by atoms with Gasteiger partial charge in [0.2, 0.25) is 0 Å². The van der Waals surface area contributed by atoms with Crippen LogP contribution in [0.4, 0.5) is 0 Å². The molecule has 0 spiro atoms. The molecule has 0 aromatic carbocycles. The Kier molecular flexibility index (Phi) is 3.06. The van der Waals surface area contributed by atoms with Crippen LogP contribution in [0, 0.1) is 0 Å². The molecule has 1 fully saturated rings. The first-order valence-corrected chi connectivity index (χ1v) is 6.54. The fourth-order valence-electron chi connectivity index (χ4n) is 0.954. The third-order valence-corrected chi connectivity index (χ3v) is 4.31. The largest absolute Gasteiger partial charge is 0.307 e. The number of rotatable bonds is 1. The van der Waals surface area contributed by atoms with Crippen LogP contribution in [0.2, 0.25) is 0 Å². The van der Waals surface area contributed by atoms with E-state index in [-0.39, 0.29) is 5.91 Å². The Balaban J connectivity index is 2.27. The molecule has 1 N–H and O–H groups in total. The zero-order valence-corrected chi connectivity index (χ0v) is 10.8. The molecule has 2 heterocycles. The second kappa shape index (κ2) is 4.14. The van der Waals surface area contributed by atoms with Gasteiger partial charge in [0.15, 0.2) is 0 Å². The molecule has 72 valence electrons. The summed E-state index contributed by atoms with van der Waals surface area (Å²) in [7, 11) is 0. The van der Waals surface area contributed by atoms with Gasteiger partial charge in [-0.05, 0) is 28.1 Å². The fourth-order valence-corrected chi connectivity index (χ4v) is 3.44. The first-order valence-electron chi connectivity index (χ1n) is 3.64. The Labute approximate surface area is 103 Å². The molecule has 0 unspecified atom stereocenters. The average Bonchev–Trinajstić information content (AvgIpc) is 2.61. The predicted octanol–water partition coefficient (Wildman–Crippen LogP) is 3.00. The Morgan fingerprint density at radius 1 is 1.57 bits per heavy atom. The summed E-state index contributed by atoms with van der Waals surface area (Å²) in [6, 6.07) is 1.97. The lowest BCUT2D eigenvalue weighted by Gasteiger charge is -1.88. The zero-order chi connectivity index (χ0) is 10.1. The van der Waals surface area contributed by atoms with Crippen LogP contribution in [0.25, 0.3) is 6.08 Å². The normalized spacial score (nSPS) is 19.1. The van der Waals surface area contributed by atoms with E-state index in [1.807, 2.05) is 17.5 Å². The van der Waals surface area contributed by atoms with Crippen LogP contribution in [0.3, 0.4) is 0 Å². The van der Waals surface area contributed by atoms with E-state index >= 15 is 0 Å². The van der Waals surface area contributed by atoms with Gasteiger partial charge in [-0.15, -0.1) is 11.3 Å². The van der Waals surface area contributed by atoms with Crippen molar-refractivity contribution in [2.45, 2.75) is 0 Å². The Morgan fingerprint density at radius 2 is 2.36 bits per heavy atom. The lowest BCUT2D eigenvalue weighted by Crippen LogP contribution is -2.17. The van der Waals surface area contributed by atoms with Crippen molar-refractivity contribution in [2.75, 3.05) is 0 Å². The Morgan fingerprint density at radius 3 is 2.86 bits per heavy atom. The molecule has 0 aliphatic carbocycles. The second-order valence-electron chi connectivity index (χ2n) is 2.52. The van der Waals surface area contributed by atoms with Crippen molar-refractivity contribution in [3.8, 4) is 0 Å². The third kappa shape index (κ3) is 2.25. The van der Waals surface area contributed by atoms with E-state index in [0.717, 1.165) is 9.35 Å². The molecule has 1 aliphatic rings. The van der Waals surface area contributed by atoms with Crippen LogP contribution >= 0.6 is 51.2 Å². The molecule has 0 saturated carbocycles. The van der Waals surface area contributed by atoms with Crippen molar-refractivity contribution in [1.82, 2.24) is 5.32 Å². The number of nitrogens with one attached hydrogen (secondary N) is 1. The number of thioether (sulfide) groups is 1. The highest BCUT2D eigenvalue weighted by Crippen LogP contribution is 2.29. The quantitative estimate of drug-likeness (QED) is 0.639. The molecule has 14 heavy (non-hydrogen) atoms. The highest BCUT2D eigenvalue weighted by molar-refractivity contribution is 9.10. The van der Waals surface area contributed by atoms with E-state index in [1.54, 1.807) is 11.3 Å².